The molecule has 0 N–H and O–H groups in total. The van der Waals surface area contributed by atoms with Gasteiger partial charge in [0.25, 0.3) is 5.89 Å². The normalized spacial score (nSPS) is 11.1. The number of carbonyl (C=O) groups is 1. The lowest BCUT2D eigenvalue weighted by Gasteiger charge is -2.03. The van der Waals surface area contributed by atoms with Crippen molar-refractivity contribution in [3.63, 3.8) is 0 Å². The van der Waals surface area contributed by atoms with E-state index in [-0.39, 0.29) is 28.3 Å². The van der Waals surface area contributed by atoms with Gasteiger partial charge in [-0.15, -0.1) is 0 Å². The first-order chi connectivity index (χ1) is 14.6. The molecule has 0 saturated carbocycles. The summed E-state index contributed by atoms with van der Waals surface area (Å²) >= 11 is 0. The van der Waals surface area contributed by atoms with Crippen LogP contribution in [-0.4, -0.2) is 10.8 Å². The van der Waals surface area contributed by atoms with E-state index in [1.807, 2.05) is 18.2 Å². The summed E-state index contributed by atoms with van der Waals surface area (Å²) in [6.07, 6.45) is 3.89. The highest BCUT2D eigenvalue weighted by Crippen LogP contribution is 2.29. The minimum Gasteiger partial charge on any atom is -0.434 e. The van der Waals surface area contributed by atoms with Crippen LogP contribution in [0.2, 0.25) is 0 Å². The first kappa shape index (κ1) is 20.0. The molecule has 0 aliphatic carbocycles. The van der Waals surface area contributed by atoms with E-state index in [0.717, 1.165) is 19.3 Å². The maximum atomic E-state index is 14.5. The quantitative estimate of drug-likeness (QED) is 0.240. The van der Waals surface area contributed by atoms with Gasteiger partial charge in [-0.25, -0.2) is 13.8 Å². The molecule has 0 aliphatic rings. The average Bonchev–Trinajstić information content (AvgIpc) is 3.19. The lowest BCUT2D eigenvalue weighted by molar-refractivity contribution is 0.0947. The number of carbonyl (C=O) groups excluding carboxylic acids is 1. The highest BCUT2D eigenvalue weighted by Gasteiger charge is 2.18. The van der Waals surface area contributed by atoms with Crippen LogP contribution < -0.4 is 0 Å². The number of hydrogen-bond acceptors (Lipinski definition) is 3. The number of Topliss-reactive ketones (excluding diaryl/α,β-unsaturated/α-hetero) is 1. The minimum atomic E-state index is -0.642. The Morgan fingerprint density at radius 2 is 1.63 bits per heavy atom. The number of aromatic nitrogens is 1. The third-order valence-electron chi connectivity index (χ3n) is 5.08. The number of aryl methyl sites for hydroxylation is 1. The van der Waals surface area contributed by atoms with E-state index < -0.39 is 11.6 Å². The molecule has 0 radical (unpaired) electrons. The van der Waals surface area contributed by atoms with Crippen molar-refractivity contribution in [1.82, 2.24) is 4.98 Å². The Bertz CT molecular complexity index is 1170. The number of unbranched alkanes of at least 4 members (excludes halogenated alkanes) is 2. The van der Waals surface area contributed by atoms with Gasteiger partial charge >= 0.3 is 0 Å². The first-order valence-corrected chi connectivity index (χ1v) is 10.0. The molecular weight excluding hydrogens is 384 g/mol. The fourth-order valence-electron chi connectivity index (χ4n) is 3.50. The van der Waals surface area contributed by atoms with Crippen molar-refractivity contribution in [2.75, 3.05) is 0 Å². The number of rotatable bonds is 8. The van der Waals surface area contributed by atoms with Crippen molar-refractivity contribution in [3.8, 4) is 11.1 Å². The molecule has 5 heteroatoms. The van der Waals surface area contributed by atoms with Crippen LogP contribution in [0.5, 0.6) is 0 Å². The summed E-state index contributed by atoms with van der Waals surface area (Å²) in [5.74, 6) is -1.45. The Labute approximate surface area is 173 Å². The van der Waals surface area contributed by atoms with Gasteiger partial charge in [0.15, 0.2) is 11.4 Å². The van der Waals surface area contributed by atoms with Gasteiger partial charge in [-0.2, -0.15) is 0 Å². The molecule has 4 aromatic rings. The maximum absolute atomic E-state index is 14.5. The Morgan fingerprint density at radius 3 is 2.43 bits per heavy atom. The smallest absolute Gasteiger partial charge is 0.264 e. The SMILES string of the molecule is O=C(CCCCCc1ccccc1)c1nc2c(F)cc(-c3ccccc3F)cc2o1. The van der Waals surface area contributed by atoms with Gasteiger partial charge in [0.2, 0.25) is 5.78 Å². The standard InChI is InChI=1S/C25H21F2NO2/c26-20-13-8-7-12-19(20)18-15-21(27)24-23(16-18)30-25(28-24)22(29)14-6-2-5-11-17-9-3-1-4-10-17/h1,3-4,7-10,12-13,15-16H,2,5-6,11,14H2. The Kier molecular flexibility index (Phi) is 5.98. The Balaban J connectivity index is 1.41. The molecule has 0 unspecified atom stereocenters. The molecule has 0 saturated heterocycles. The molecule has 4 rings (SSSR count). The van der Waals surface area contributed by atoms with Crippen LogP contribution in [0.3, 0.4) is 0 Å². The lowest BCUT2D eigenvalue weighted by Crippen LogP contribution is -1.99. The summed E-state index contributed by atoms with van der Waals surface area (Å²) in [6.45, 7) is 0. The second kappa shape index (κ2) is 8.99. The molecule has 152 valence electrons. The van der Waals surface area contributed by atoms with Crippen molar-refractivity contribution in [1.29, 1.82) is 0 Å². The molecule has 3 aromatic carbocycles. The summed E-state index contributed by atoms with van der Waals surface area (Å²) < 4.78 is 34.0. The average molecular weight is 405 g/mol. The lowest BCUT2D eigenvalue weighted by atomic mass is 10.0. The van der Waals surface area contributed by atoms with Gasteiger partial charge in [-0.05, 0) is 48.6 Å². The summed E-state index contributed by atoms with van der Waals surface area (Å²) in [5, 5.41) is 0. The molecule has 30 heavy (non-hydrogen) atoms. The number of oxazole rings is 1. The van der Waals surface area contributed by atoms with Crippen LogP contribution >= 0.6 is 0 Å². The van der Waals surface area contributed by atoms with Gasteiger partial charge in [0.1, 0.15) is 11.3 Å². The highest BCUT2D eigenvalue weighted by atomic mass is 19.1. The second-order valence-corrected chi connectivity index (χ2v) is 7.27. The second-order valence-electron chi connectivity index (χ2n) is 7.27. The van der Waals surface area contributed by atoms with Crippen LogP contribution in [0.25, 0.3) is 22.2 Å². The molecule has 0 atom stereocenters. The minimum absolute atomic E-state index is 0.0116. The largest absolute Gasteiger partial charge is 0.434 e. The first-order valence-electron chi connectivity index (χ1n) is 10.0. The van der Waals surface area contributed by atoms with Crippen molar-refractivity contribution in [2.24, 2.45) is 0 Å². The number of ketones is 1. The van der Waals surface area contributed by atoms with E-state index in [0.29, 0.717) is 18.4 Å². The number of benzene rings is 3. The zero-order valence-corrected chi connectivity index (χ0v) is 16.4. The molecular formula is C25H21F2NO2. The Morgan fingerprint density at radius 1 is 0.867 bits per heavy atom. The van der Waals surface area contributed by atoms with Gasteiger partial charge in [-0.3, -0.25) is 4.79 Å². The van der Waals surface area contributed by atoms with E-state index in [1.54, 1.807) is 18.2 Å². The molecule has 0 spiro atoms. The zero-order chi connectivity index (χ0) is 20.9. The van der Waals surface area contributed by atoms with Gasteiger partial charge in [0, 0.05) is 12.0 Å². The van der Waals surface area contributed by atoms with Crippen LogP contribution in [-0.2, 0) is 6.42 Å². The third-order valence-corrected chi connectivity index (χ3v) is 5.08. The number of halogens is 2. The topological polar surface area (TPSA) is 43.1 Å². The monoisotopic (exact) mass is 405 g/mol. The fourth-order valence-corrected chi connectivity index (χ4v) is 3.50. The third kappa shape index (κ3) is 4.46. The predicted molar refractivity (Wildman–Crippen MR) is 112 cm³/mol. The summed E-state index contributed by atoms with van der Waals surface area (Å²) in [7, 11) is 0. The van der Waals surface area contributed by atoms with E-state index >= 15 is 0 Å². The zero-order valence-electron chi connectivity index (χ0n) is 16.4. The Hall–Kier alpha value is -3.34. The summed E-state index contributed by atoms with van der Waals surface area (Å²) in [5.41, 5.74) is 2.02. The van der Waals surface area contributed by atoms with Crippen LogP contribution in [0.1, 0.15) is 41.9 Å². The van der Waals surface area contributed by atoms with Crippen LogP contribution in [0.4, 0.5) is 8.78 Å². The molecule has 1 heterocycles. The molecule has 1 aromatic heterocycles. The van der Waals surface area contributed by atoms with Gasteiger partial charge in [-0.1, -0.05) is 55.0 Å². The van der Waals surface area contributed by atoms with Crippen molar-refractivity contribution >= 4 is 16.9 Å². The van der Waals surface area contributed by atoms with Gasteiger partial charge < -0.3 is 4.42 Å². The molecule has 0 amide bonds. The van der Waals surface area contributed by atoms with E-state index in [1.165, 1.54) is 23.8 Å². The molecule has 0 bridgehead atoms. The van der Waals surface area contributed by atoms with Crippen molar-refractivity contribution in [3.05, 3.63) is 89.8 Å². The van der Waals surface area contributed by atoms with Crippen LogP contribution in [0, 0.1) is 11.6 Å². The highest BCUT2D eigenvalue weighted by molar-refractivity contribution is 5.94. The van der Waals surface area contributed by atoms with E-state index in [2.05, 4.69) is 17.1 Å². The fraction of sp³-hybridized carbons (Fsp3) is 0.200. The molecule has 0 aliphatic heterocycles. The van der Waals surface area contributed by atoms with Crippen molar-refractivity contribution < 1.29 is 18.0 Å². The maximum Gasteiger partial charge on any atom is 0.264 e. The summed E-state index contributed by atoms with van der Waals surface area (Å²) in [6, 6.07) is 19.0. The van der Waals surface area contributed by atoms with E-state index in [9.17, 15) is 13.6 Å². The predicted octanol–water partition coefficient (Wildman–Crippen LogP) is 6.76. The van der Waals surface area contributed by atoms with Gasteiger partial charge in [0.05, 0.1) is 0 Å². The number of hydrogen-bond donors (Lipinski definition) is 0. The number of fused-ring (bicyclic) bond motifs is 1. The summed E-state index contributed by atoms with van der Waals surface area (Å²) in [4.78, 5) is 16.5. The van der Waals surface area contributed by atoms with Crippen molar-refractivity contribution in [2.45, 2.75) is 32.1 Å². The molecule has 3 nitrogen and oxygen atoms in total. The number of nitrogens with zero attached hydrogens (tertiary/aromatic N) is 1. The molecule has 0 fully saturated rings. The van der Waals surface area contributed by atoms with Crippen LogP contribution in [0.15, 0.2) is 71.1 Å². The van der Waals surface area contributed by atoms with E-state index in [4.69, 9.17) is 4.42 Å².